The third-order valence-corrected chi connectivity index (χ3v) is 5.14. The molecule has 5 rings (SSSR count). The molecule has 1 aliphatic carbocycles. The Hall–Kier alpha value is -2.46. The topological polar surface area (TPSA) is 60.2 Å². The van der Waals surface area contributed by atoms with E-state index in [0.717, 1.165) is 44.6 Å². The second-order valence-electron chi connectivity index (χ2n) is 6.81. The molecule has 26 heavy (non-hydrogen) atoms. The zero-order valence-electron chi connectivity index (χ0n) is 14.6. The Morgan fingerprint density at radius 3 is 1.85 bits per heavy atom. The van der Waals surface area contributed by atoms with Gasteiger partial charge >= 0.3 is 0 Å². The summed E-state index contributed by atoms with van der Waals surface area (Å²) in [5, 5.41) is 0.834. The molecule has 3 aliphatic heterocycles. The average molecular weight is 369 g/mol. The molecule has 1 aromatic carbocycles. The summed E-state index contributed by atoms with van der Waals surface area (Å²) in [4.78, 5) is 30.5. The van der Waals surface area contributed by atoms with E-state index in [9.17, 15) is 14.2 Å². The van der Waals surface area contributed by atoms with Crippen molar-refractivity contribution in [3.8, 4) is 0 Å². The van der Waals surface area contributed by atoms with Crippen molar-refractivity contribution in [1.82, 2.24) is 14.7 Å². The molecule has 3 fully saturated rings. The molecule has 7 heteroatoms. The van der Waals surface area contributed by atoms with E-state index in [0.29, 0.717) is 17.1 Å². The Kier molecular flexibility index (Phi) is 4.37. The van der Waals surface area contributed by atoms with Crippen LogP contribution < -0.4 is 5.30 Å². The molecular weight excluding hydrogens is 349 g/mol. The summed E-state index contributed by atoms with van der Waals surface area (Å²) in [6.07, 6.45) is 1.52. The van der Waals surface area contributed by atoms with Gasteiger partial charge in [-0.25, -0.2) is 0 Å². The molecule has 0 N–H and O–H groups in total. The summed E-state index contributed by atoms with van der Waals surface area (Å²) >= 11 is 0. The highest BCUT2D eigenvalue weighted by atomic mass is 31.1. The second-order valence-corrected chi connectivity index (χ2v) is 7.51. The van der Waals surface area contributed by atoms with E-state index in [4.69, 9.17) is 0 Å². The number of hydrogen-bond donors (Lipinski definition) is 0. The van der Waals surface area contributed by atoms with Crippen molar-refractivity contribution < 1.29 is 14.2 Å². The number of ketones is 2. The van der Waals surface area contributed by atoms with Gasteiger partial charge in [0.2, 0.25) is 11.6 Å². The predicted octanol–water partition coefficient (Wildman–Crippen LogP) is 1.09. The van der Waals surface area contributed by atoms with Crippen molar-refractivity contribution in [2.75, 3.05) is 39.3 Å². The van der Waals surface area contributed by atoms with Gasteiger partial charge in [-0.05, 0) is 19.1 Å². The number of nitrogens with zero attached hydrogens (tertiary/aromatic N) is 3. The summed E-state index contributed by atoms with van der Waals surface area (Å²) in [6, 6.07) is 7.59. The summed E-state index contributed by atoms with van der Waals surface area (Å²) in [6.45, 7) is 7.41. The minimum atomic E-state index is 0.00546. The average Bonchev–Trinajstić information content (AvgIpc) is 3.50. The van der Waals surface area contributed by atoms with Crippen LogP contribution in [0.4, 0.5) is 0 Å². The lowest BCUT2D eigenvalue weighted by molar-refractivity contribution is -0.117. The van der Waals surface area contributed by atoms with Crippen molar-refractivity contribution in [1.29, 1.82) is 0 Å². The maximum absolute atomic E-state index is 12.4. The maximum atomic E-state index is 12.4. The molecule has 3 saturated heterocycles. The van der Waals surface area contributed by atoms with Crippen LogP contribution in [-0.2, 0) is 14.2 Å². The minimum Gasteiger partial charge on any atom is -0.365 e. The zero-order chi connectivity index (χ0) is 18.3. The number of Topliss-reactive ketones (excluding diaryl/α,β-unsaturated/α-hetero) is 1. The van der Waals surface area contributed by atoms with Crippen LogP contribution in [0.25, 0.3) is 0 Å². The molecule has 0 saturated carbocycles. The Morgan fingerprint density at radius 1 is 0.808 bits per heavy atom. The van der Waals surface area contributed by atoms with E-state index in [-0.39, 0.29) is 20.0 Å². The highest BCUT2D eigenvalue weighted by molar-refractivity contribution is 7.34. The number of carbonyl (C=O) groups excluding carboxylic acids is 2. The summed E-state index contributed by atoms with van der Waals surface area (Å²) in [5.74, 6) is 0.0485. The lowest BCUT2D eigenvalue weighted by Crippen LogP contribution is -2.29. The molecule has 4 aliphatic rings. The highest BCUT2D eigenvalue weighted by Gasteiger charge is 2.43. The molecule has 134 valence electrons. The monoisotopic (exact) mass is 369 g/mol. The number of hydrogen-bond acceptors (Lipinski definition) is 6. The molecule has 0 spiro atoms. The van der Waals surface area contributed by atoms with Crippen molar-refractivity contribution >= 4 is 25.3 Å². The van der Waals surface area contributed by atoms with Gasteiger partial charge in [0.15, 0.2) is 8.46 Å². The third-order valence-electron chi connectivity index (χ3n) is 4.63. The number of aryl methyl sites for hydroxylation is 1. The van der Waals surface area contributed by atoms with E-state index in [1.807, 2.05) is 45.9 Å². The van der Waals surface area contributed by atoms with Gasteiger partial charge in [-0.2, -0.15) is 0 Å². The van der Waals surface area contributed by atoms with Gasteiger partial charge in [-0.1, -0.05) is 17.7 Å². The Balaban J connectivity index is 0.000000160. The molecule has 0 radical (unpaired) electrons. The van der Waals surface area contributed by atoms with Gasteiger partial charge in [-0.15, -0.1) is 0 Å². The lowest BCUT2D eigenvalue weighted by atomic mass is 10.0. The van der Waals surface area contributed by atoms with Crippen molar-refractivity contribution in [3.05, 3.63) is 53.0 Å². The van der Waals surface area contributed by atoms with Crippen LogP contribution in [-0.4, -0.2) is 65.5 Å². The van der Waals surface area contributed by atoms with Crippen LogP contribution in [0.1, 0.15) is 5.56 Å². The third kappa shape index (κ3) is 3.56. The lowest BCUT2D eigenvalue weighted by Gasteiger charge is -2.21. The van der Waals surface area contributed by atoms with Crippen molar-refractivity contribution in [3.63, 3.8) is 0 Å². The number of allylic oxidation sites excluding steroid dienone is 1. The van der Waals surface area contributed by atoms with Gasteiger partial charge in [0.25, 0.3) is 0 Å². The van der Waals surface area contributed by atoms with E-state index in [1.165, 1.54) is 11.6 Å². The summed E-state index contributed by atoms with van der Waals surface area (Å²) in [5.41, 5.74) is 3.08. The highest BCUT2D eigenvalue weighted by Crippen LogP contribution is 2.33. The summed E-state index contributed by atoms with van der Waals surface area (Å²) in [7, 11) is 0.102. The van der Waals surface area contributed by atoms with Crippen LogP contribution >= 0.6 is 8.46 Å². The van der Waals surface area contributed by atoms with Gasteiger partial charge in [-0.3, -0.25) is 14.2 Å². The van der Waals surface area contributed by atoms with Crippen LogP contribution in [0.5, 0.6) is 0 Å². The van der Waals surface area contributed by atoms with Crippen molar-refractivity contribution in [2.24, 2.45) is 0 Å². The Morgan fingerprint density at radius 2 is 1.35 bits per heavy atom. The minimum absolute atomic E-state index is 0.00546. The first-order valence-electron chi connectivity index (χ1n) is 8.78. The maximum Gasteiger partial charge on any atom is 0.227 e. The SMILES string of the molecule is Cc1ccc(P=O)cc1.O=C1C=C(N2CC2)C(=O)C(N2CC2)=C1N1CC1. The first-order valence-corrected chi connectivity index (χ1v) is 9.59. The Labute approximate surface area is 154 Å². The molecule has 3 heterocycles. The fraction of sp³-hybridized carbons (Fsp3) is 0.368. The van der Waals surface area contributed by atoms with Gasteiger partial charge in [0.1, 0.15) is 11.4 Å². The van der Waals surface area contributed by atoms with E-state index in [2.05, 4.69) is 0 Å². The van der Waals surface area contributed by atoms with Crippen LogP contribution in [0.3, 0.4) is 0 Å². The molecule has 0 unspecified atom stereocenters. The van der Waals surface area contributed by atoms with E-state index in [1.54, 1.807) is 0 Å². The van der Waals surface area contributed by atoms with Gasteiger partial charge in [0.05, 0.1) is 5.70 Å². The summed E-state index contributed by atoms with van der Waals surface area (Å²) < 4.78 is 10.2. The largest absolute Gasteiger partial charge is 0.365 e. The quantitative estimate of drug-likeness (QED) is 0.450. The van der Waals surface area contributed by atoms with Gasteiger partial charge in [0, 0.05) is 50.6 Å². The standard InChI is InChI=1S/C12H13N3O2.C7H7OP/c16-9-7-8(13-1-2-13)12(17)11(15-5-6-15)10(9)14-3-4-14;1-6-2-4-7(9-8)5-3-6/h7H,1-6H2;2-5H,1H3. The zero-order valence-corrected chi connectivity index (χ0v) is 15.5. The molecule has 0 amide bonds. The van der Waals surface area contributed by atoms with E-state index < -0.39 is 0 Å². The van der Waals surface area contributed by atoms with Crippen molar-refractivity contribution in [2.45, 2.75) is 6.92 Å². The second kappa shape index (κ2) is 6.69. The van der Waals surface area contributed by atoms with Crippen LogP contribution in [0, 0.1) is 6.92 Å². The fourth-order valence-electron chi connectivity index (χ4n) is 2.88. The normalized spacial score (nSPS) is 20.8. The molecule has 0 atom stereocenters. The first-order chi connectivity index (χ1) is 12.6. The molecule has 0 bridgehead atoms. The predicted molar refractivity (Wildman–Crippen MR) is 98.3 cm³/mol. The molecular formula is C19H20N3O3P. The number of carbonyl (C=O) groups is 2. The molecule has 6 nitrogen and oxygen atoms in total. The number of benzene rings is 1. The van der Waals surface area contributed by atoms with E-state index >= 15 is 0 Å². The fourth-order valence-corrected chi connectivity index (χ4v) is 3.15. The van der Waals surface area contributed by atoms with Gasteiger partial charge < -0.3 is 14.7 Å². The smallest absolute Gasteiger partial charge is 0.227 e. The Bertz CT molecular complexity index is 832. The van der Waals surface area contributed by atoms with Crippen LogP contribution in [0.15, 0.2) is 47.4 Å². The first kappa shape index (κ1) is 17.0. The molecule has 0 aromatic heterocycles. The number of rotatable bonds is 4. The molecule has 1 aromatic rings. The van der Waals surface area contributed by atoms with Crippen LogP contribution in [0.2, 0.25) is 0 Å².